The lowest BCUT2D eigenvalue weighted by molar-refractivity contribution is 0.102. The second kappa shape index (κ2) is 8.98. The fourth-order valence-corrected chi connectivity index (χ4v) is 3.64. The van der Waals surface area contributed by atoms with Gasteiger partial charge in [-0.2, -0.15) is 0 Å². The first-order valence-electron chi connectivity index (χ1n) is 8.49. The van der Waals surface area contributed by atoms with Crippen molar-refractivity contribution in [2.24, 2.45) is 0 Å². The molecule has 0 radical (unpaired) electrons. The van der Waals surface area contributed by atoms with Gasteiger partial charge >= 0.3 is 0 Å². The predicted molar refractivity (Wildman–Crippen MR) is 113 cm³/mol. The molecule has 0 spiro atoms. The predicted octanol–water partition coefficient (Wildman–Crippen LogP) is 6.20. The summed E-state index contributed by atoms with van der Waals surface area (Å²) >= 11 is 7.83. The number of carbonyl (C=O) groups is 1. The number of methoxy groups -OCH3 is 1. The third kappa shape index (κ3) is 5.06. The molecule has 0 aliphatic heterocycles. The number of ether oxygens (including phenoxy) is 1. The van der Waals surface area contributed by atoms with Crippen LogP contribution in [0.3, 0.4) is 0 Å². The fourth-order valence-electron chi connectivity index (χ4n) is 2.59. The summed E-state index contributed by atoms with van der Waals surface area (Å²) in [5.74, 6) is 1.27. The van der Waals surface area contributed by atoms with Gasteiger partial charge < -0.3 is 10.1 Å². The third-order valence-electron chi connectivity index (χ3n) is 4.08. The number of halogens is 1. The minimum atomic E-state index is -0.202. The van der Waals surface area contributed by atoms with Gasteiger partial charge in [0.15, 0.2) is 0 Å². The molecule has 0 saturated heterocycles. The molecule has 3 aromatic rings. The van der Waals surface area contributed by atoms with Crippen molar-refractivity contribution in [1.82, 2.24) is 0 Å². The molecule has 138 valence electrons. The molecule has 0 bridgehead atoms. The first-order chi connectivity index (χ1) is 13.1. The summed E-state index contributed by atoms with van der Waals surface area (Å²) < 4.78 is 5.46. The quantitative estimate of drug-likeness (QED) is 0.503. The van der Waals surface area contributed by atoms with Crippen LogP contribution < -0.4 is 10.1 Å². The number of carbonyl (C=O) groups excluding carboxylic acids is 1. The summed E-state index contributed by atoms with van der Waals surface area (Å²) in [6.07, 6.45) is 0. The first kappa shape index (κ1) is 19.3. The Labute approximate surface area is 168 Å². The van der Waals surface area contributed by atoms with E-state index in [1.54, 1.807) is 37.1 Å². The lowest BCUT2D eigenvalue weighted by Crippen LogP contribution is -2.12. The van der Waals surface area contributed by atoms with Crippen LogP contribution >= 0.6 is 23.4 Å². The Morgan fingerprint density at radius 1 is 1.07 bits per heavy atom. The van der Waals surface area contributed by atoms with Crippen molar-refractivity contribution < 1.29 is 9.53 Å². The number of para-hydroxylation sites is 1. The average molecular weight is 398 g/mol. The van der Waals surface area contributed by atoms with E-state index in [1.807, 2.05) is 24.3 Å². The van der Waals surface area contributed by atoms with Crippen LogP contribution in [-0.4, -0.2) is 13.0 Å². The highest BCUT2D eigenvalue weighted by Gasteiger charge is 2.12. The van der Waals surface area contributed by atoms with E-state index in [-0.39, 0.29) is 5.91 Å². The summed E-state index contributed by atoms with van der Waals surface area (Å²) in [5.41, 5.74) is 3.36. The summed E-state index contributed by atoms with van der Waals surface area (Å²) in [5, 5.41) is 3.36. The molecule has 0 aromatic heterocycles. The minimum absolute atomic E-state index is 0.202. The zero-order chi connectivity index (χ0) is 19.2. The topological polar surface area (TPSA) is 38.3 Å². The van der Waals surface area contributed by atoms with Gasteiger partial charge in [-0.05, 0) is 49.4 Å². The van der Waals surface area contributed by atoms with Crippen molar-refractivity contribution in [2.75, 3.05) is 12.4 Å². The molecule has 3 aromatic carbocycles. The van der Waals surface area contributed by atoms with E-state index in [0.29, 0.717) is 22.0 Å². The summed E-state index contributed by atoms with van der Waals surface area (Å²) in [6.45, 7) is 2.07. The van der Waals surface area contributed by atoms with Crippen LogP contribution in [0.25, 0.3) is 0 Å². The summed E-state index contributed by atoms with van der Waals surface area (Å²) in [7, 11) is 1.64. The average Bonchev–Trinajstić information content (AvgIpc) is 2.69. The molecule has 0 atom stereocenters. The lowest BCUT2D eigenvalue weighted by atomic mass is 10.1. The van der Waals surface area contributed by atoms with Gasteiger partial charge in [0, 0.05) is 21.8 Å². The number of hydrogen-bond donors (Lipinski definition) is 1. The van der Waals surface area contributed by atoms with Crippen LogP contribution in [-0.2, 0) is 5.75 Å². The summed E-state index contributed by atoms with van der Waals surface area (Å²) in [6, 6.07) is 21.0. The maximum Gasteiger partial charge on any atom is 0.255 e. The molecule has 27 heavy (non-hydrogen) atoms. The SMILES string of the molecule is COc1ccc(C(=O)Nc2ccccc2Cl)cc1CSc1ccc(C)cc1. The molecule has 0 unspecified atom stereocenters. The van der Waals surface area contributed by atoms with Crippen LogP contribution in [0, 0.1) is 6.92 Å². The Hall–Kier alpha value is -2.43. The molecule has 0 aliphatic rings. The van der Waals surface area contributed by atoms with Crippen molar-refractivity contribution in [2.45, 2.75) is 17.6 Å². The number of anilines is 1. The molecule has 0 fully saturated rings. The Morgan fingerprint density at radius 3 is 2.52 bits per heavy atom. The maximum absolute atomic E-state index is 12.6. The molecule has 3 nitrogen and oxygen atoms in total. The van der Waals surface area contributed by atoms with Gasteiger partial charge in [0.25, 0.3) is 5.91 Å². The van der Waals surface area contributed by atoms with E-state index in [4.69, 9.17) is 16.3 Å². The fraction of sp³-hybridized carbons (Fsp3) is 0.136. The number of aryl methyl sites for hydroxylation is 1. The summed E-state index contributed by atoms with van der Waals surface area (Å²) in [4.78, 5) is 13.8. The molecule has 0 heterocycles. The van der Waals surface area contributed by atoms with Crippen molar-refractivity contribution in [3.63, 3.8) is 0 Å². The second-order valence-electron chi connectivity index (χ2n) is 6.06. The Bertz CT molecular complexity index is 941. The number of hydrogen-bond acceptors (Lipinski definition) is 3. The highest BCUT2D eigenvalue weighted by atomic mass is 35.5. The standard InChI is InChI=1S/C22H20ClNO2S/c1-15-7-10-18(11-8-15)27-14-17-13-16(9-12-21(17)26-2)22(25)24-20-6-4-3-5-19(20)23/h3-13H,14H2,1-2H3,(H,24,25). The minimum Gasteiger partial charge on any atom is -0.496 e. The molecular formula is C22H20ClNO2S. The Morgan fingerprint density at radius 2 is 1.81 bits per heavy atom. The molecular weight excluding hydrogens is 378 g/mol. The van der Waals surface area contributed by atoms with E-state index in [1.165, 1.54) is 10.5 Å². The van der Waals surface area contributed by atoms with Crippen LogP contribution in [0.1, 0.15) is 21.5 Å². The van der Waals surface area contributed by atoms with Gasteiger partial charge in [-0.25, -0.2) is 0 Å². The second-order valence-corrected chi connectivity index (χ2v) is 7.52. The highest BCUT2D eigenvalue weighted by molar-refractivity contribution is 7.98. The molecule has 0 saturated carbocycles. The van der Waals surface area contributed by atoms with Gasteiger partial charge in [-0.15, -0.1) is 11.8 Å². The van der Waals surface area contributed by atoms with Crippen molar-refractivity contribution in [3.05, 3.63) is 88.4 Å². The Kier molecular flexibility index (Phi) is 6.43. The zero-order valence-corrected chi connectivity index (χ0v) is 16.7. The number of nitrogens with one attached hydrogen (secondary N) is 1. The van der Waals surface area contributed by atoms with Gasteiger partial charge in [-0.3, -0.25) is 4.79 Å². The van der Waals surface area contributed by atoms with Gasteiger partial charge in [-0.1, -0.05) is 41.4 Å². The van der Waals surface area contributed by atoms with E-state index in [2.05, 4.69) is 36.5 Å². The van der Waals surface area contributed by atoms with E-state index >= 15 is 0 Å². The van der Waals surface area contributed by atoms with Gasteiger partial charge in [0.2, 0.25) is 0 Å². The van der Waals surface area contributed by atoms with Crippen LogP contribution in [0.5, 0.6) is 5.75 Å². The lowest BCUT2D eigenvalue weighted by Gasteiger charge is -2.12. The largest absolute Gasteiger partial charge is 0.496 e. The van der Waals surface area contributed by atoms with Crippen molar-refractivity contribution >= 4 is 35.0 Å². The molecule has 3 rings (SSSR count). The first-order valence-corrected chi connectivity index (χ1v) is 9.85. The number of thioether (sulfide) groups is 1. The highest BCUT2D eigenvalue weighted by Crippen LogP contribution is 2.29. The number of rotatable bonds is 6. The third-order valence-corrected chi connectivity index (χ3v) is 5.47. The van der Waals surface area contributed by atoms with Gasteiger partial charge in [0.1, 0.15) is 5.75 Å². The smallest absolute Gasteiger partial charge is 0.255 e. The van der Waals surface area contributed by atoms with E-state index < -0.39 is 0 Å². The normalized spacial score (nSPS) is 10.5. The van der Waals surface area contributed by atoms with Gasteiger partial charge in [0.05, 0.1) is 17.8 Å². The molecule has 5 heteroatoms. The molecule has 1 amide bonds. The van der Waals surface area contributed by atoms with E-state index in [0.717, 1.165) is 11.3 Å². The maximum atomic E-state index is 12.6. The Balaban J connectivity index is 1.77. The number of benzene rings is 3. The number of amides is 1. The van der Waals surface area contributed by atoms with Crippen LogP contribution in [0.4, 0.5) is 5.69 Å². The monoisotopic (exact) mass is 397 g/mol. The van der Waals surface area contributed by atoms with E-state index in [9.17, 15) is 4.79 Å². The van der Waals surface area contributed by atoms with Crippen molar-refractivity contribution in [1.29, 1.82) is 0 Å². The van der Waals surface area contributed by atoms with Crippen LogP contribution in [0.15, 0.2) is 71.6 Å². The van der Waals surface area contributed by atoms with Crippen LogP contribution in [0.2, 0.25) is 5.02 Å². The van der Waals surface area contributed by atoms with Crippen molar-refractivity contribution in [3.8, 4) is 5.75 Å². The zero-order valence-electron chi connectivity index (χ0n) is 15.2. The molecule has 0 aliphatic carbocycles. The molecule has 1 N–H and O–H groups in total.